The fraction of sp³-hybridized carbons (Fsp3) is 0.333. The lowest BCUT2D eigenvalue weighted by Crippen LogP contribution is -2.44. The number of benzene rings is 2. The highest BCUT2D eigenvalue weighted by Crippen LogP contribution is 2.36. The zero-order valence-corrected chi connectivity index (χ0v) is 15.8. The number of hydrogen-bond acceptors (Lipinski definition) is 4. The van der Waals surface area contributed by atoms with Crippen LogP contribution in [0.5, 0.6) is 11.5 Å². The normalized spacial score (nSPS) is 15.7. The molecule has 0 bridgehead atoms. The van der Waals surface area contributed by atoms with Gasteiger partial charge < -0.3 is 19.7 Å². The van der Waals surface area contributed by atoms with E-state index in [0.29, 0.717) is 30.3 Å². The second-order valence-electron chi connectivity index (χ2n) is 6.33. The van der Waals surface area contributed by atoms with Gasteiger partial charge in [0.1, 0.15) is 11.5 Å². The first kappa shape index (κ1) is 18.8. The zero-order valence-electron chi connectivity index (χ0n) is 15.8. The number of carbonyl (C=O) groups is 2. The molecule has 0 aliphatic carbocycles. The van der Waals surface area contributed by atoms with Crippen LogP contribution in [0.2, 0.25) is 0 Å². The molecular weight excluding hydrogens is 344 g/mol. The molecule has 6 nitrogen and oxygen atoms in total. The number of amides is 2. The molecule has 1 atom stereocenters. The maximum absolute atomic E-state index is 12.4. The van der Waals surface area contributed by atoms with Crippen molar-refractivity contribution >= 4 is 23.2 Å². The monoisotopic (exact) mass is 368 g/mol. The molecule has 1 aliphatic rings. The number of anilines is 2. The summed E-state index contributed by atoms with van der Waals surface area (Å²) in [6, 6.07) is 12.8. The summed E-state index contributed by atoms with van der Waals surface area (Å²) >= 11 is 0. The van der Waals surface area contributed by atoms with Crippen molar-refractivity contribution in [3.05, 3.63) is 48.0 Å². The minimum absolute atomic E-state index is 0.0807. The standard InChI is InChI=1S/C21H24N2O4/c1-4-23-18-13-16(8-11-19(18)27-14(3)21(23)25)22-20(24)12-15-6-9-17(10-7-15)26-5-2/h6-11,13-14H,4-5,12H2,1-3H3,(H,22,24). The average Bonchev–Trinajstić information content (AvgIpc) is 2.65. The fourth-order valence-corrected chi connectivity index (χ4v) is 3.07. The average molecular weight is 368 g/mol. The fourth-order valence-electron chi connectivity index (χ4n) is 3.07. The lowest BCUT2D eigenvalue weighted by atomic mass is 10.1. The Morgan fingerprint density at radius 2 is 1.93 bits per heavy atom. The van der Waals surface area contributed by atoms with Crippen molar-refractivity contribution < 1.29 is 19.1 Å². The molecule has 0 radical (unpaired) electrons. The van der Waals surface area contributed by atoms with Crippen molar-refractivity contribution in [3.63, 3.8) is 0 Å². The summed E-state index contributed by atoms with van der Waals surface area (Å²) in [5, 5.41) is 2.89. The van der Waals surface area contributed by atoms with Crippen LogP contribution in [0.15, 0.2) is 42.5 Å². The summed E-state index contributed by atoms with van der Waals surface area (Å²) < 4.78 is 11.1. The molecule has 0 saturated carbocycles. The van der Waals surface area contributed by atoms with Crippen LogP contribution in [0.4, 0.5) is 11.4 Å². The van der Waals surface area contributed by atoms with Crippen molar-refractivity contribution in [1.82, 2.24) is 0 Å². The largest absolute Gasteiger partial charge is 0.494 e. The smallest absolute Gasteiger partial charge is 0.267 e. The Balaban J connectivity index is 1.70. The number of likely N-dealkylation sites (N-methyl/N-ethyl adjacent to an activating group) is 1. The molecule has 0 aromatic heterocycles. The summed E-state index contributed by atoms with van der Waals surface area (Å²) in [5.41, 5.74) is 2.21. The highest BCUT2D eigenvalue weighted by Gasteiger charge is 2.30. The molecule has 6 heteroatoms. The number of nitrogens with one attached hydrogen (secondary N) is 1. The Labute approximate surface area is 159 Å². The van der Waals surface area contributed by atoms with Crippen LogP contribution in [-0.4, -0.2) is 31.1 Å². The number of nitrogens with zero attached hydrogens (tertiary/aromatic N) is 1. The Morgan fingerprint density at radius 1 is 1.19 bits per heavy atom. The van der Waals surface area contributed by atoms with E-state index in [1.54, 1.807) is 30.0 Å². The molecule has 27 heavy (non-hydrogen) atoms. The summed E-state index contributed by atoms with van der Waals surface area (Å²) in [4.78, 5) is 26.3. The van der Waals surface area contributed by atoms with Gasteiger partial charge >= 0.3 is 0 Å². The van der Waals surface area contributed by atoms with E-state index in [9.17, 15) is 9.59 Å². The van der Waals surface area contributed by atoms with E-state index in [2.05, 4.69) is 5.32 Å². The molecule has 3 rings (SSSR count). The lowest BCUT2D eigenvalue weighted by molar-refractivity contribution is -0.125. The zero-order chi connectivity index (χ0) is 19.4. The Bertz CT molecular complexity index is 833. The van der Waals surface area contributed by atoms with Crippen molar-refractivity contribution in [2.45, 2.75) is 33.3 Å². The van der Waals surface area contributed by atoms with E-state index < -0.39 is 6.10 Å². The van der Waals surface area contributed by atoms with Crippen molar-refractivity contribution in [2.75, 3.05) is 23.4 Å². The lowest BCUT2D eigenvalue weighted by Gasteiger charge is -2.32. The minimum Gasteiger partial charge on any atom is -0.494 e. The molecule has 0 spiro atoms. The van der Waals surface area contributed by atoms with Crippen molar-refractivity contribution in [1.29, 1.82) is 0 Å². The molecule has 0 fully saturated rings. The van der Waals surface area contributed by atoms with Crippen molar-refractivity contribution in [2.24, 2.45) is 0 Å². The van der Waals surface area contributed by atoms with E-state index in [4.69, 9.17) is 9.47 Å². The summed E-state index contributed by atoms with van der Waals surface area (Å²) in [7, 11) is 0. The SMILES string of the molecule is CCOc1ccc(CC(=O)Nc2ccc3c(c2)N(CC)C(=O)C(C)O3)cc1. The van der Waals surface area contributed by atoms with E-state index >= 15 is 0 Å². The third kappa shape index (κ3) is 4.22. The van der Waals surface area contributed by atoms with Gasteiger partial charge in [-0.1, -0.05) is 12.1 Å². The van der Waals surface area contributed by atoms with Gasteiger partial charge in [-0.15, -0.1) is 0 Å². The Hall–Kier alpha value is -3.02. The van der Waals surface area contributed by atoms with Gasteiger partial charge in [-0.05, 0) is 56.7 Å². The van der Waals surface area contributed by atoms with Gasteiger partial charge in [-0.2, -0.15) is 0 Å². The van der Waals surface area contributed by atoms with Gasteiger partial charge in [0.15, 0.2) is 6.10 Å². The van der Waals surface area contributed by atoms with Crippen LogP contribution >= 0.6 is 0 Å². The summed E-state index contributed by atoms with van der Waals surface area (Å²) in [6.07, 6.45) is -0.245. The molecule has 2 amide bonds. The number of rotatable bonds is 6. The Morgan fingerprint density at radius 3 is 2.59 bits per heavy atom. The first-order valence-electron chi connectivity index (χ1n) is 9.15. The van der Waals surface area contributed by atoms with Gasteiger partial charge in [0.2, 0.25) is 5.91 Å². The summed E-state index contributed by atoms with van der Waals surface area (Å²) in [6.45, 7) is 6.73. The number of hydrogen-bond donors (Lipinski definition) is 1. The number of fused-ring (bicyclic) bond motifs is 1. The minimum atomic E-state index is -0.502. The van der Waals surface area contributed by atoms with E-state index in [0.717, 1.165) is 11.3 Å². The highest BCUT2D eigenvalue weighted by atomic mass is 16.5. The van der Waals surface area contributed by atoms with Crippen LogP contribution in [0, 0.1) is 0 Å². The number of carbonyl (C=O) groups excluding carboxylic acids is 2. The van der Waals surface area contributed by atoms with Crippen LogP contribution < -0.4 is 19.7 Å². The van der Waals surface area contributed by atoms with Gasteiger partial charge in [0.05, 0.1) is 18.7 Å². The molecular formula is C21H24N2O4. The van der Waals surface area contributed by atoms with Crippen LogP contribution in [-0.2, 0) is 16.0 Å². The third-order valence-electron chi connectivity index (χ3n) is 4.37. The molecule has 1 unspecified atom stereocenters. The number of ether oxygens (including phenoxy) is 2. The van der Waals surface area contributed by atoms with Crippen LogP contribution in [0.25, 0.3) is 0 Å². The van der Waals surface area contributed by atoms with E-state index in [1.165, 1.54) is 0 Å². The first-order valence-corrected chi connectivity index (χ1v) is 9.15. The Kier molecular flexibility index (Phi) is 5.64. The maximum atomic E-state index is 12.4. The maximum Gasteiger partial charge on any atom is 0.267 e. The molecule has 142 valence electrons. The molecule has 1 aliphatic heterocycles. The van der Waals surface area contributed by atoms with E-state index in [1.807, 2.05) is 38.1 Å². The topological polar surface area (TPSA) is 67.9 Å². The molecule has 0 saturated heterocycles. The molecule has 1 N–H and O–H groups in total. The highest BCUT2D eigenvalue weighted by molar-refractivity contribution is 6.01. The van der Waals surface area contributed by atoms with Gasteiger partial charge in [0.25, 0.3) is 5.91 Å². The first-order chi connectivity index (χ1) is 13.0. The van der Waals surface area contributed by atoms with Crippen LogP contribution in [0.1, 0.15) is 26.3 Å². The second kappa shape index (κ2) is 8.12. The third-order valence-corrected chi connectivity index (χ3v) is 4.37. The molecule has 2 aromatic rings. The quantitative estimate of drug-likeness (QED) is 0.849. The van der Waals surface area contributed by atoms with Gasteiger partial charge in [-0.25, -0.2) is 0 Å². The van der Waals surface area contributed by atoms with Gasteiger partial charge in [-0.3, -0.25) is 9.59 Å². The van der Waals surface area contributed by atoms with E-state index in [-0.39, 0.29) is 18.2 Å². The predicted octanol–water partition coefficient (Wildman–Crippen LogP) is 3.40. The second-order valence-corrected chi connectivity index (χ2v) is 6.33. The molecule has 1 heterocycles. The predicted molar refractivity (Wildman–Crippen MR) is 105 cm³/mol. The van der Waals surface area contributed by atoms with Crippen LogP contribution in [0.3, 0.4) is 0 Å². The molecule has 2 aromatic carbocycles. The van der Waals surface area contributed by atoms with Gasteiger partial charge in [0, 0.05) is 12.2 Å². The van der Waals surface area contributed by atoms with Crippen molar-refractivity contribution in [3.8, 4) is 11.5 Å². The summed E-state index contributed by atoms with van der Waals surface area (Å²) in [5.74, 6) is 1.23.